The van der Waals surface area contributed by atoms with Gasteiger partial charge in [0.2, 0.25) is 23.6 Å². The molecule has 2 aliphatic rings. The van der Waals surface area contributed by atoms with Crippen LogP contribution in [-0.2, 0) is 41.6 Å². The van der Waals surface area contributed by atoms with Crippen molar-refractivity contribution in [2.24, 2.45) is 11.7 Å². The van der Waals surface area contributed by atoms with Crippen molar-refractivity contribution in [2.75, 3.05) is 40.0 Å². The standard InChI is InChI=1S/C32H42N6O6.CH2O2/c1-20(2)29-31(41)34-12-14-44-23-10-8-21(9-11-23)16-25(33)30(40)36-27(17-22-18-35-26-7-5-4-6-24(22)26)32(42)38(13-15-43-3)19-28(39)37-29;2-1-3/h4-11,18,20,25,27,29,35H,12-17,19,33H2,1-3H3,(H,34,41)(H,36,40)(H,37,39);1H,(H,2,3)/t25-,27-,29-;/m0./s1. The van der Waals surface area contributed by atoms with Gasteiger partial charge in [-0.25, -0.2) is 0 Å². The molecule has 254 valence electrons. The first-order valence-electron chi connectivity index (χ1n) is 15.3. The number of hydrogen-bond donors (Lipinski definition) is 6. The topological polar surface area (TPSA) is 205 Å². The average molecular weight is 653 g/mol. The number of aromatic nitrogens is 1. The van der Waals surface area contributed by atoms with Crippen molar-refractivity contribution < 1.29 is 38.6 Å². The molecule has 0 unspecified atom stereocenters. The normalized spacial score (nSPS) is 20.0. The monoisotopic (exact) mass is 652 g/mol. The highest BCUT2D eigenvalue weighted by Crippen LogP contribution is 2.20. The molecule has 0 aliphatic carbocycles. The van der Waals surface area contributed by atoms with E-state index in [0.29, 0.717) is 5.75 Å². The van der Waals surface area contributed by atoms with Crippen molar-refractivity contribution in [1.82, 2.24) is 25.8 Å². The summed E-state index contributed by atoms with van der Waals surface area (Å²) in [4.78, 5) is 66.6. The van der Waals surface area contributed by atoms with Gasteiger partial charge in [-0.15, -0.1) is 0 Å². The molecule has 3 aromatic rings. The molecule has 0 saturated carbocycles. The summed E-state index contributed by atoms with van der Waals surface area (Å²) in [5.74, 6) is -1.44. The molecule has 14 nitrogen and oxygen atoms in total. The number of fused-ring (bicyclic) bond motifs is 18. The zero-order valence-electron chi connectivity index (χ0n) is 26.9. The van der Waals surface area contributed by atoms with Crippen molar-refractivity contribution in [3.8, 4) is 5.75 Å². The lowest BCUT2D eigenvalue weighted by Gasteiger charge is -2.29. The number of amides is 4. The maximum atomic E-state index is 14.1. The van der Waals surface area contributed by atoms with Crippen molar-refractivity contribution >= 4 is 41.0 Å². The fourth-order valence-corrected chi connectivity index (χ4v) is 5.14. The van der Waals surface area contributed by atoms with Crippen LogP contribution in [0.1, 0.15) is 25.0 Å². The number of carboxylic acid groups (broad SMARTS) is 1. The van der Waals surface area contributed by atoms with Crippen LogP contribution in [0.25, 0.3) is 10.9 Å². The molecule has 0 saturated heterocycles. The molecule has 0 spiro atoms. The molecule has 47 heavy (non-hydrogen) atoms. The van der Waals surface area contributed by atoms with Gasteiger partial charge in [-0.3, -0.25) is 24.0 Å². The fraction of sp³-hybridized carbons (Fsp3) is 0.424. The van der Waals surface area contributed by atoms with Crippen LogP contribution in [0.4, 0.5) is 0 Å². The summed E-state index contributed by atoms with van der Waals surface area (Å²) >= 11 is 0. The molecule has 1 aromatic heterocycles. The number of carbonyl (C=O) groups excluding carboxylic acids is 4. The van der Waals surface area contributed by atoms with E-state index in [9.17, 15) is 19.2 Å². The van der Waals surface area contributed by atoms with Gasteiger partial charge in [-0.05, 0) is 41.7 Å². The number of aromatic amines is 1. The summed E-state index contributed by atoms with van der Waals surface area (Å²) in [6, 6.07) is 12.1. The third kappa shape index (κ3) is 10.8. The SMILES string of the molecule is COCCN1CC(=O)N[C@@H](C(C)C)C(=O)NCCOc2ccc(cc2)C[C@H](N)C(=O)N[C@@H](Cc2c[nH]c3ccccc23)C1=O.O=CO. The first kappa shape index (κ1) is 36.5. The lowest BCUT2D eigenvalue weighted by atomic mass is 10.0. The van der Waals surface area contributed by atoms with Crippen LogP contribution in [0.5, 0.6) is 5.75 Å². The number of rotatable bonds is 6. The van der Waals surface area contributed by atoms with Gasteiger partial charge < -0.3 is 46.1 Å². The van der Waals surface area contributed by atoms with Crippen molar-refractivity contribution in [3.63, 3.8) is 0 Å². The van der Waals surface area contributed by atoms with Crippen LogP contribution in [0.15, 0.2) is 54.7 Å². The number of carbonyl (C=O) groups is 5. The molecule has 3 atom stereocenters. The summed E-state index contributed by atoms with van der Waals surface area (Å²) < 4.78 is 11.0. The molecule has 0 fully saturated rings. The highest BCUT2D eigenvalue weighted by molar-refractivity contribution is 5.94. The largest absolute Gasteiger partial charge is 0.492 e. The molecule has 14 heteroatoms. The van der Waals surface area contributed by atoms with Gasteiger partial charge in [0.25, 0.3) is 6.47 Å². The second-order valence-electron chi connectivity index (χ2n) is 11.4. The lowest BCUT2D eigenvalue weighted by molar-refractivity contribution is -0.140. The average Bonchev–Trinajstić information content (AvgIpc) is 3.46. The summed E-state index contributed by atoms with van der Waals surface area (Å²) in [6.07, 6.45) is 2.21. The van der Waals surface area contributed by atoms with Gasteiger partial charge >= 0.3 is 0 Å². The van der Waals surface area contributed by atoms with Crippen LogP contribution in [0.3, 0.4) is 0 Å². The van der Waals surface area contributed by atoms with E-state index >= 15 is 0 Å². The Hall–Kier alpha value is -4.95. The predicted molar refractivity (Wildman–Crippen MR) is 174 cm³/mol. The van der Waals surface area contributed by atoms with E-state index in [0.717, 1.165) is 22.0 Å². The molecular weight excluding hydrogens is 608 g/mol. The third-order valence-electron chi connectivity index (χ3n) is 7.58. The highest BCUT2D eigenvalue weighted by Gasteiger charge is 2.31. The Bertz CT molecular complexity index is 1490. The van der Waals surface area contributed by atoms with E-state index in [2.05, 4.69) is 20.9 Å². The first-order valence-corrected chi connectivity index (χ1v) is 15.3. The summed E-state index contributed by atoms with van der Waals surface area (Å²) in [5.41, 5.74) is 8.86. The lowest BCUT2D eigenvalue weighted by Crippen LogP contribution is -2.57. The Balaban J connectivity index is 0.00000192. The Labute approximate surface area is 273 Å². The number of benzene rings is 2. The minimum Gasteiger partial charge on any atom is -0.492 e. The van der Waals surface area contributed by atoms with Crippen molar-refractivity contribution in [2.45, 2.75) is 44.8 Å². The third-order valence-corrected chi connectivity index (χ3v) is 7.58. The Morgan fingerprint density at radius 3 is 2.45 bits per heavy atom. The van der Waals surface area contributed by atoms with E-state index < -0.39 is 35.8 Å². The van der Waals surface area contributed by atoms with Gasteiger partial charge in [-0.1, -0.05) is 44.2 Å². The number of methoxy groups -OCH3 is 1. The number of ether oxygens (including phenoxy) is 2. The Kier molecular flexibility index (Phi) is 14.2. The highest BCUT2D eigenvalue weighted by atomic mass is 16.5. The van der Waals surface area contributed by atoms with Crippen LogP contribution >= 0.6 is 0 Å². The number of nitrogens with zero attached hydrogens (tertiary/aromatic N) is 1. The van der Waals surface area contributed by atoms with E-state index in [4.69, 9.17) is 25.1 Å². The number of nitrogens with two attached hydrogens (primary N) is 1. The maximum Gasteiger partial charge on any atom is 0.290 e. The zero-order valence-corrected chi connectivity index (χ0v) is 26.9. The van der Waals surface area contributed by atoms with Crippen LogP contribution in [-0.4, -0.2) is 103 Å². The van der Waals surface area contributed by atoms with Gasteiger partial charge in [0.05, 0.1) is 25.7 Å². The van der Waals surface area contributed by atoms with Crippen LogP contribution < -0.4 is 26.4 Å². The van der Waals surface area contributed by atoms with Crippen LogP contribution in [0.2, 0.25) is 0 Å². The maximum absolute atomic E-state index is 14.1. The number of H-pyrrole nitrogens is 1. The van der Waals surface area contributed by atoms with Gasteiger partial charge in [0, 0.05) is 37.2 Å². The van der Waals surface area contributed by atoms with Crippen molar-refractivity contribution in [1.29, 1.82) is 0 Å². The molecule has 3 heterocycles. The molecule has 2 aliphatic heterocycles. The van der Waals surface area contributed by atoms with Gasteiger partial charge in [0.1, 0.15) is 24.4 Å². The molecule has 2 bridgehead atoms. The van der Waals surface area contributed by atoms with E-state index in [-0.39, 0.29) is 64.0 Å². The van der Waals surface area contributed by atoms with Crippen LogP contribution in [0, 0.1) is 5.92 Å². The van der Waals surface area contributed by atoms with E-state index in [1.165, 1.54) is 12.0 Å². The summed E-state index contributed by atoms with van der Waals surface area (Å²) in [7, 11) is 1.50. The molecule has 7 N–H and O–H groups in total. The Morgan fingerprint density at radius 2 is 1.77 bits per heavy atom. The fourth-order valence-electron chi connectivity index (χ4n) is 5.14. The summed E-state index contributed by atoms with van der Waals surface area (Å²) in [5, 5.41) is 16.2. The van der Waals surface area contributed by atoms with Crippen molar-refractivity contribution in [3.05, 3.63) is 65.9 Å². The molecule has 4 amide bonds. The zero-order chi connectivity index (χ0) is 34.3. The quantitative estimate of drug-likeness (QED) is 0.163. The molecule has 5 rings (SSSR count). The van der Waals surface area contributed by atoms with Gasteiger partial charge in [-0.2, -0.15) is 0 Å². The molecule has 2 aromatic carbocycles. The minimum atomic E-state index is -1.03. The Morgan fingerprint density at radius 1 is 1.06 bits per heavy atom. The minimum absolute atomic E-state index is 0.0945. The smallest absolute Gasteiger partial charge is 0.290 e. The first-order chi connectivity index (χ1) is 22.6. The van der Waals surface area contributed by atoms with Gasteiger partial charge in [0.15, 0.2) is 0 Å². The molecule has 0 radical (unpaired) electrons. The predicted octanol–water partition coefficient (Wildman–Crippen LogP) is 0.590. The number of nitrogens with one attached hydrogen (secondary N) is 4. The second-order valence-corrected chi connectivity index (χ2v) is 11.4. The van der Waals surface area contributed by atoms with E-state index in [1.807, 2.05) is 56.4 Å². The van der Waals surface area contributed by atoms with E-state index in [1.54, 1.807) is 12.1 Å². The number of para-hydroxylation sites is 1. The summed E-state index contributed by atoms with van der Waals surface area (Å²) in [6.45, 7) is 3.78. The molecular formula is C33H44N6O8. The second kappa shape index (κ2) is 18.3. The number of hydrogen-bond acceptors (Lipinski definition) is 8.